The Morgan fingerprint density at radius 1 is 1.17 bits per heavy atom. The van der Waals surface area contributed by atoms with Crippen LogP contribution in [0.1, 0.15) is 28.7 Å². The number of aliphatic hydroxyl groups is 1. The Bertz CT molecular complexity index is 817. The molecule has 3 rings (SSSR count). The van der Waals surface area contributed by atoms with Crippen LogP contribution >= 0.6 is 0 Å². The second-order valence-corrected chi connectivity index (χ2v) is 8.06. The topological polar surface area (TPSA) is 66.4 Å². The van der Waals surface area contributed by atoms with Crippen molar-refractivity contribution in [3.63, 3.8) is 0 Å². The summed E-state index contributed by atoms with van der Waals surface area (Å²) >= 11 is 0. The van der Waals surface area contributed by atoms with Gasteiger partial charge in [0.1, 0.15) is 5.60 Å². The minimum Gasteiger partial charge on any atom is -0.384 e. The lowest BCUT2D eigenvalue weighted by Gasteiger charge is -2.24. The molecule has 0 spiro atoms. The molecule has 0 heterocycles. The highest BCUT2D eigenvalue weighted by atomic mass is 32.2. The summed E-state index contributed by atoms with van der Waals surface area (Å²) in [6.07, 6.45) is 1.31. The van der Waals surface area contributed by atoms with Crippen molar-refractivity contribution in [1.29, 1.82) is 0 Å². The summed E-state index contributed by atoms with van der Waals surface area (Å²) < 4.78 is 27.2. The Balaban J connectivity index is 1.70. The summed E-state index contributed by atoms with van der Waals surface area (Å²) in [6, 6.07) is 15.1. The number of rotatable bonds is 5. The lowest BCUT2D eigenvalue weighted by molar-refractivity contribution is 0.0442. The predicted octanol–water partition coefficient (Wildman–Crippen LogP) is 2.25. The molecule has 2 aromatic carbocycles. The van der Waals surface area contributed by atoms with Crippen molar-refractivity contribution in [3.05, 3.63) is 70.8 Å². The highest BCUT2D eigenvalue weighted by Crippen LogP contribution is 2.36. The molecule has 0 bridgehead atoms. The zero-order valence-electron chi connectivity index (χ0n) is 13.1. The lowest BCUT2D eigenvalue weighted by Crippen LogP contribution is -2.39. The molecule has 0 aliphatic heterocycles. The maximum absolute atomic E-state index is 12.3. The molecule has 1 aliphatic carbocycles. The summed E-state index contributed by atoms with van der Waals surface area (Å²) in [5.74, 6) is -0.0770. The molecular formula is C18H21NO3S. The SMILES string of the molecule is Cc1cccc(CS(=O)(=O)NC[C@]2(O)CCc3ccccc32)c1. The fourth-order valence-corrected chi connectivity index (χ4v) is 4.33. The van der Waals surface area contributed by atoms with E-state index in [0.29, 0.717) is 6.42 Å². The monoisotopic (exact) mass is 331 g/mol. The highest BCUT2D eigenvalue weighted by Gasteiger charge is 2.37. The summed E-state index contributed by atoms with van der Waals surface area (Å²) in [5.41, 5.74) is 2.58. The van der Waals surface area contributed by atoms with Gasteiger partial charge in [0.05, 0.1) is 5.75 Å². The summed E-state index contributed by atoms with van der Waals surface area (Å²) in [5, 5.41) is 10.8. The van der Waals surface area contributed by atoms with Crippen molar-refractivity contribution in [1.82, 2.24) is 4.72 Å². The maximum Gasteiger partial charge on any atom is 0.215 e. The van der Waals surface area contributed by atoms with Crippen molar-refractivity contribution in [2.45, 2.75) is 31.1 Å². The van der Waals surface area contributed by atoms with Crippen LogP contribution in [0.5, 0.6) is 0 Å². The Morgan fingerprint density at radius 3 is 2.74 bits per heavy atom. The molecule has 0 saturated heterocycles. The highest BCUT2D eigenvalue weighted by molar-refractivity contribution is 7.88. The van der Waals surface area contributed by atoms with Gasteiger partial charge in [0.25, 0.3) is 0 Å². The first-order valence-corrected chi connectivity index (χ1v) is 9.37. The van der Waals surface area contributed by atoms with E-state index >= 15 is 0 Å². The second kappa shape index (κ2) is 6.07. The normalized spacial score (nSPS) is 20.4. The Hall–Kier alpha value is -1.69. The Labute approximate surface area is 137 Å². The number of aryl methyl sites for hydroxylation is 2. The molecule has 122 valence electrons. The van der Waals surface area contributed by atoms with Crippen molar-refractivity contribution in [2.75, 3.05) is 6.54 Å². The van der Waals surface area contributed by atoms with Crippen LogP contribution in [0, 0.1) is 6.92 Å². The summed E-state index contributed by atoms with van der Waals surface area (Å²) in [6.45, 7) is 1.94. The molecule has 0 aromatic heterocycles. The molecule has 2 aromatic rings. The van der Waals surface area contributed by atoms with E-state index in [1.54, 1.807) is 6.07 Å². The van der Waals surface area contributed by atoms with E-state index in [1.165, 1.54) is 0 Å². The number of sulfonamides is 1. The number of hydrogen-bond acceptors (Lipinski definition) is 3. The minimum absolute atomic E-state index is 0.0121. The van der Waals surface area contributed by atoms with Crippen LogP contribution in [0.4, 0.5) is 0 Å². The molecule has 0 radical (unpaired) electrons. The smallest absolute Gasteiger partial charge is 0.215 e. The fraction of sp³-hybridized carbons (Fsp3) is 0.333. The first-order valence-electron chi connectivity index (χ1n) is 7.72. The molecule has 0 fully saturated rings. The standard InChI is InChI=1S/C18H21NO3S/c1-14-5-4-6-15(11-14)12-23(21,22)19-13-18(20)10-9-16-7-2-3-8-17(16)18/h2-8,11,19-20H,9-10,12-13H2,1H3/t18-/m1/s1. The zero-order chi connectivity index (χ0) is 16.5. The van der Waals surface area contributed by atoms with E-state index in [2.05, 4.69) is 4.72 Å². The third kappa shape index (κ3) is 3.63. The van der Waals surface area contributed by atoms with Crippen molar-refractivity contribution < 1.29 is 13.5 Å². The molecule has 23 heavy (non-hydrogen) atoms. The minimum atomic E-state index is -3.49. The predicted molar refractivity (Wildman–Crippen MR) is 90.5 cm³/mol. The van der Waals surface area contributed by atoms with Gasteiger partial charge in [-0.1, -0.05) is 54.1 Å². The molecule has 0 amide bonds. The van der Waals surface area contributed by atoms with Crippen molar-refractivity contribution >= 4 is 10.0 Å². The van der Waals surface area contributed by atoms with Gasteiger partial charge in [-0.3, -0.25) is 0 Å². The number of benzene rings is 2. The van der Waals surface area contributed by atoms with Crippen molar-refractivity contribution in [3.8, 4) is 0 Å². The quantitative estimate of drug-likeness (QED) is 0.883. The van der Waals surface area contributed by atoms with E-state index < -0.39 is 15.6 Å². The van der Waals surface area contributed by atoms with E-state index in [9.17, 15) is 13.5 Å². The zero-order valence-corrected chi connectivity index (χ0v) is 13.9. The largest absolute Gasteiger partial charge is 0.384 e. The first kappa shape index (κ1) is 16.2. The van der Waals surface area contributed by atoms with Crippen LogP contribution in [-0.2, 0) is 27.8 Å². The van der Waals surface area contributed by atoms with Gasteiger partial charge in [0.15, 0.2) is 0 Å². The van der Waals surface area contributed by atoms with Crippen LogP contribution in [0.25, 0.3) is 0 Å². The second-order valence-electron chi connectivity index (χ2n) is 6.26. The van der Waals surface area contributed by atoms with Crippen LogP contribution in [0.3, 0.4) is 0 Å². The Kier molecular flexibility index (Phi) is 4.27. The first-order chi connectivity index (χ1) is 10.9. The average molecular weight is 331 g/mol. The van der Waals surface area contributed by atoms with Crippen LogP contribution < -0.4 is 4.72 Å². The summed E-state index contributed by atoms with van der Waals surface area (Å²) in [7, 11) is -3.49. The van der Waals surface area contributed by atoms with E-state index in [-0.39, 0.29) is 12.3 Å². The van der Waals surface area contributed by atoms with E-state index in [1.807, 2.05) is 49.4 Å². The molecule has 2 N–H and O–H groups in total. The molecule has 1 atom stereocenters. The van der Waals surface area contributed by atoms with Crippen LogP contribution in [0.2, 0.25) is 0 Å². The van der Waals surface area contributed by atoms with Gasteiger partial charge < -0.3 is 5.11 Å². The molecule has 4 nitrogen and oxygen atoms in total. The Morgan fingerprint density at radius 2 is 1.96 bits per heavy atom. The van der Waals surface area contributed by atoms with Crippen LogP contribution in [-0.4, -0.2) is 20.1 Å². The maximum atomic E-state index is 12.3. The third-order valence-electron chi connectivity index (χ3n) is 4.35. The van der Waals surface area contributed by atoms with Gasteiger partial charge in [0.2, 0.25) is 10.0 Å². The summed E-state index contributed by atoms with van der Waals surface area (Å²) in [4.78, 5) is 0. The van der Waals surface area contributed by atoms with E-state index in [0.717, 1.165) is 28.7 Å². The van der Waals surface area contributed by atoms with E-state index in [4.69, 9.17) is 0 Å². The molecule has 1 aliphatic rings. The molecular weight excluding hydrogens is 310 g/mol. The third-order valence-corrected chi connectivity index (χ3v) is 5.65. The van der Waals surface area contributed by atoms with Crippen molar-refractivity contribution in [2.24, 2.45) is 0 Å². The molecule has 0 saturated carbocycles. The van der Waals surface area contributed by atoms with Gasteiger partial charge in [-0.2, -0.15) is 0 Å². The van der Waals surface area contributed by atoms with Gasteiger partial charge in [0, 0.05) is 6.54 Å². The lowest BCUT2D eigenvalue weighted by atomic mass is 9.96. The van der Waals surface area contributed by atoms with Gasteiger partial charge in [-0.15, -0.1) is 0 Å². The number of nitrogens with one attached hydrogen (secondary N) is 1. The van der Waals surface area contributed by atoms with Gasteiger partial charge in [-0.05, 0) is 36.5 Å². The van der Waals surface area contributed by atoms with Crippen LogP contribution in [0.15, 0.2) is 48.5 Å². The fourth-order valence-electron chi connectivity index (χ4n) is 3.15. The van der Waals surface area contributed by atoms with Gasteiger partial charge >= 0.3 is 0 Å². The molecule has 0 unspecified atom stereocenters. The number of fused-ring (bicyclic) bond motifs is 1. The average Bonchev–Trinajstić information content (AvgIpc) is 2.84. The molecule has 5 heteroatoms. The van der Waals surface area contributed by atoms with Gasteiger partial charge in [-0.25, -0.2) is 13.1 Å². The number of hydrogen-bond donors (Lipinski definition) is 2.